The summed E-state index contributed by atoms with van der Waals surface area (Å²) < 4.78 is 0. The van der Waals surface area contributed by atoms with E-state index in [4.69, 9.17) is 0 Å². The first-order valence-electron chi connectivity index (χ1n) is 4.71. The average molecular weight is 186 g/mol. The smallest absolute Gasteiger partial charge is 0.0193 e. The molecular weight excluding hydrogens is 168 g/mol. The highest BCUT2D eigenvalue weighted by Gasteiger charge is 1.93. The van der Waals surface area contributed by atoms with Gasteiger partial charge in [-0.1, -0.05) is 61.8 Å². The summed E-state index contributed by atoms with van der Waals surface area (Å²) in [6.45, 7) is 11.4. The van der Waals surface area contributed by atoms with Crippen molar-refractivity contribution in [1.29, 1.82) is 0 Å². The second kappa shape index (κ2) is 8.06. The third-order valence-corrected chi connectivity index (χ3v) is 1.74. The van der Waals surface area contributed by atoms with E-state index < -0.39 is 0 Å². The fraction of sp³-hybridized carbons (Fsp3) is 0.143. The first-order chi connectivity index (χ1) is 6.79. The molecule has 0 aromatic rings. The molecule has 0 rings (SSSR count). The molecule has 0 saturated heterocycles. The number of hydrogen-bond acceptors (Lipinski definition) is 0. The maximum atomic E-state index is 3.79. The van der Waals surface area contributed by atoms with Crippen molar-refractivity contribution < 1.29 is 0 Å². The second-order valence-corrected chi connectivity index (χ2v) is 2.69. The van der Waals surface area contributed by atoms with E-state index in [2.05, 4.69) is 19.2 Å². The SMILES string of the molecule is C=C\C=C/C(=C\C)C(/C=C)=C/C=C\C. The highest BCUT2D eigenvalue weighted by atomic mass is 14.0. The lowest BCUT2D eigenvalue weighted by Crippen LogP contribution is -1.81. The third kappa shape index (κ3) is 4.46. The molecule has 0 bridgehead atoms. The van der Waals surface area contributed by atoms with Crippen molar-refractivity contribution in [3.8, 4) is 0 Å². The van der Waals surface area contributed by atoms with Crippen LogP contribution in [0, 0.1) is 0 Å². The predicted molar refractivity (Wildman–Crippen MR) is 66.2 cm³/mol. The van der Waals surface area contributed by atoms with Crippen LogP contribution in [0.1, 0.15) is 13.8 Å². The molecule has 0 atom stereocenters. The Bertz CT molecular complexity index is 296. The van der Waals surface area contributed by atoms with Gasteiger partial charge in [-0.3, -0.25) is 0 Å². The minimum absolute atomic E-state index is 1.11. The summed E-state index contributed by atoms with van der Waals surface area (Å²) >= 11 is 0. The van der Waals surface area contributed by atoms with Crippen LogP contribution in [0.25, 0.3) is 0 Å². The van der Waals surface area contributed by atoms with Gasteiger partial charge < -0.3 is 0 Å². The zero-order valence-corrected chi connectivity index (χ0v) is 9.03. The Morgan fingerprint density at radius 1 is 1.00 bits per heavy atom. The van der Waals surface area contributed by atoms with Crippen molar-refractivity contribution in [3.63, 3.8) is 0 Å². The van der Waals surface area contributed by atoms with Crippen LogP contribution in [0.15, 0.2) is 72.9 Å². The highest BCUT2D eigenvalue weighted by Crippen LogP contribution is 2.12. The van der Waals surface area contributed by atoms with E-state index >= 15 is 0 Å². The van der Waals surface area contributed by atoms with E-state index in [9.17, 15) is 0 Å². The molecule has 0 aromatic carbocycles. The van der Waals surface area contributed by atoms with Gasteiger partial charge in [-0.25, -0.2) is 0 Å². The molecule has 0 aliphatic carbocycles. The van der Waals surface area contributed by atoms with Crippen molar-refractivity contribution in [2.24, 2.45) is 0 Å². The van der Waals surface area contributed by atoms with Crippen LogP contribution >= 0.6 is 0 Å². The molecule has 0 aromatic heterocycles. The topological polar surface area (TPSA) is 0 Å². The lowest BCUT2D eigenvalue weighted by atomic mass is 10.0. The maximum Gasteiger partial charge on any atom is -0.0193 e. The Kier molecular flexibility index (Phi) is 7.16. The summed E-state index contributed by atoms with van der Waals surface area (Å²) in [5, 5.41) is 0. The third-order valence-electron chi connectivity index (χ3n) is 1.74. The molecule has 0 radical (unpaired) electrons. The standard InChI is InChI=1S/C14H18/c1-5-9-11-13(7-3)14(8-4)12-10-6-2/h5-12H,1,4H2,2-3H3/b10-6-,11-9-,13-7+,14-12+. The van der Waals surface area contributed by atoms with Crippen molar-refractivity contribution in [2.45, 2.75) is 13.8 Å². The molecule has 0 spiro atoms. The summed E-state index contributed by atoms with van der Waals surface area (Å²) in [7, 11) is 0. The minimum Gasteiger partial charge on any atom is -0.0991 e. The lowest BCUT2D eigenvalue weighted by Gasteiger charge is -2.00. The van der Waals surface area contributed by atoms with Gasteiger partial charge in [-0.05, 0) is 25.0 Å². The molecule has 0 aliphatic rings. The Hall–Kier alpha value is -1.56. The molecular formula is C14H18. The molecule has 0 heteroatoms. The average Bonchev–Trinajstić information content (AvgIpc) is 2.23. The molecule has 0 heterocycles. The number of allylic oxidation sites excluding steroid dienone is 10. The molecule has 0 N–H and O–H groups in total. The van der Waals surface area contributed by atoms with Crippen molar-refractivity contribution in [3.05, 3.63) is 72.9 Å². The van der Waals surface area contributed by atoms with Crippen LogP contribution in [0.5, 0.6) is 0 Å². The number of rotatable bonds is 5. The zero-order valence-electron chi connectivity index (χ0n) is 9.03. The fourth-order valence-electron chi connectivity index (χ4n) is 1.01. The summed E-state index contributed by atoms with van der Waals surface area (Å²) in [6.07, 6.45) is 15.6. The Morgan fingerprint density at radius 2 is 1.71 bits per heavy atom. The van der Waals surface area contributed by atoms with Crippen LogP contribution in [0.2, 0.25) is 0 Å². The van der Waals surface area contributed by atoms with E-state index in [1.54, 1.807) is 6.08 Å². The predicted octanol–water partition coefficient (Wildman–Crippen LogP) is 4.36. The Morgan fingerprint density at radius 3 is 2.14 bits per heavy atom. The van der Waals surface area contributed by atoms with Crippen molar-refractivity contribution in [2.75, 3.05) is 0 Å². The monoisotopic (exact) mass is 186 g/mol. The van der Waals surface area contributed by atoms with E-state index in [1.807, 2.05) is 50.3 Å². The second-order valence-electron chi connectivity index (χ2n) is 2.69. The summed E-state index contributed by atoms with van der Waals surface area (Å²) in [5.41, 5.74) is 2.27. The van der Waals surface area contributed by atoms with Crippen LogP contribution < -0.4 is 0 Å². The lowest BCUT2D eigenvalue weighted by molar-refractivity contribution is 1.50. The van der Waals surface area contributed by atoms with Crippen molar-refractivity contribution >= 4 is 0 Å². The molecule has 0 unspecified atom stereocenters. The Balaban J connectivity index is 4.89. The molecule has 0 amide bonds. The maximum absolute atomic E-state index is 3.79. The van der Waals surface area contributed by atoms with Gasteiger partial charge in [0.2, 0.25) is 0 Å². The van der Waals surface area contributed by atoms with Crippen LogP contribution in [-0.4, -0.2) is 0 Å². The van der Waals surface area contributed by atoms with Gasteiger partial charge in [-0.2, -0.15) is 0 Å². The first kappa shape index (κ1) is 12.4. The molecule has 0 fully saturated rings. The fourth-order valence-corrected chi connectivity index (χ4v) is 1.01. The van der Waals surface area contributed by atoms with E-state index in [0.29, 0.717) is 0 Å². The molecule has 0 saturated carbocycles. The Labute approximate surface area is 87.3 Å². The molecule has 14 heavy (non-hydrogen) atoms. The van der Waals surface area contributed by atoms with Crippen LogP contribution in [-0.2, 0) is 0 Å². The summed E-state index contributed by atoms with van der Waals surface area (Å²) in [4.78, 5) is 0. The molecule has 0 aliphatic heterocycles. The van der Waals surface area contributed by atoms with Crippen LogP contribution in [0.3, 0.4) is 0 Å². The van der Waals surface area contributed by atoms with Gasteiger partial charge in [0.15, 0.2) is 0 Å². The minimum atomic E-state index is 1.11. The largest absolute Gasteiger partial charge is 0.0991 e. The van der Waals surface area contributed by atoms with Gasteiger partial charge in [0.25, 0.3) is 0 Å². The van der Waals surface area contributed by atoms with Crippen molar-refractivity contribution in [1.82, 2.24) is 0 Å². The van der Waals surface area contributed by atoms with Gasteiger partial charge >= 0.3 is 0 Å². The van der Waals surface area contributed by atoms with Gasteiger partial charge in [0.1, 0.15) is 0 Å². The van der Waals surface area contributed by atoms with Gasteiger partial charge in [0.05, 0.1) is 0 Å². The molecule has 0 nitrogen and oxygen atoms in total. The summed E-state index contributed by atoms with van der Waals surface area (Å²) in [5.74, 6) is 0. The molecule has 74 valence electrons. The first-order valence-corrected chi connectivity index (χ1v) is 4.71. The van der Waals surface area contributed by atoms with E-state index in [1.165, 1.54) is 0 Å². The number of hydrogen-bond donors (Lipinski definition) is 0. The quantitative estimate of drug-likeness (QED) is 0.559. The summed E-state index contributed by atoms with van der Waals surface area (Å²) in [6, 6.07) is 0. The highest BCUT2D eigenvalue weighted by molar-refractivity contribution is 5.47. The van der Waals surface area contributed by atoms with Gasteiger partial charge in [-0.15, -0.1) is 0 Å². The van der Waals surface area contributed by atoms with E-state index in [-0.39, 0.29) is 0 Å². The zero-order chi connectivity index (χ0) is 10.8. The van der Waals surface area contributed by atoms with Gasteiger partial charge in [0, 0.05) is 0 Å². The van der Waals surface area contributed by atoms with Crippen LogP contribution in [0.4, 0.5) is 0 Å². The van der Waals surface area contributed by atoms with E-state index in [0.717, 1.165) is 11.1 Å². The normalized spacial score (nSPS) is 13.9.